The normalized spacial score (nSPS) is 18.0. The lowest BCUT2D eigenvalue weighted by Crippen LogP contribution is -2.58. The van der Waals surface area contributed by atoms with E-state index in [2.05, 4.69) is 10.6 Å². The number of carbonyl (C=O) groups excluding carboxylic acids is 3. The van der Waals surface area contributed by atoms with Crippen LogP contribution in [-0.2, 0) is 16.1 Å². The minimum Gasteiger partial charge on any atom is -0.339 e. The summed E-state index contributed by atoms with van der Waals surface area (Å²) in [7, 11) is 0. The van der Waals surface area contributed by atoms with Crippen molar-refractivity contribution >= 4 is 17.8 Å². The van der Waals surface area contributed by atoms with Crippen LogP contribution in [0.2, 0.25) is 0 Å². The lowest BCUT2D eigenvalue weighted by molar-refractivity contribution is -0.141. The first-order valence-electron chi connectivity index (χ1n) is 10.1. The van der Waals surface area contributed by atoms with Crippen LogP contribution < -0.4 is 10.6 Å². The molecule has 2 aliphatic rings. The molecule has 28 heavy (non-hydrogen) atoms. The van der Waals surface area contributed by atoms with Gasteiger partial charge in [-0.2, -0.15) is 0 Å². The Morgan fingerprint density at radius 1 is 1.00 bits per heavy atom. The van der Waals surface area contributed by atoms with Crippen LogP contribution in [0.3, 0.4) is 0 Å². The first-order valence-corrected chi connectivity index (χ1v) is 10.1. The molecule has 3 rings (SSSR count). The van der Waals surface area contributed by atoms with Crippen molar-refractivity contribution in [2.24, 2.45) is 11.8 Å². The second kappa shape index (κ2) is 9.08. The van der Waals surface area contributed by atoms with Gasteiger partial charge in [-0.3, -0.25) is 9.59 Å². The van der Waals surface area contributed by atoms with E-state index in [4.69, 9.17) is 0 Å². The first kappa shape index (κ1) is 20.2. The molecule has 1 saturated heterocycles. The van der Waals surface area contributed by atoms with Crippen LogP contribution in [-0.4, -0.2) is 59.9 Å². The number of nitrogens with one attached hydrogen (secondary N) is 2. The third-order valence-electron chi connectivity index (χ3n) is 5.34. The van der Waals surface area contributed by atoms with Gasteiger partial charge in [0.25, 0.3) is 0 Å². The van der Waals surface area contributed by atoms with Gasteiger partial charge in [-0.1, -0.05) is 44.2 Å². The van der Waals surface area contributed by atoms with E-state index in [1.165, 1.54) is 0 Å². The summed E-state index contributed by atoms with van der Waals surface area (Å²) in [6, 6.07) is 8.71. The van der Waals surface area contributed by atoms with Crippen molar-refractivity contribution in [2.75, 3.05) is 26.2 Å². The lowest BCUT2D eigenvalue weighted by atomic mass is 10.0. The molecule has 4 amide bonds. The molecular weight excluding hydrogens is 356 g/mol. The minimum absolute atomic E-state index is 0.0268. The van der Waals surface area contributed by atoms with E-state index in [1.807, 2.05) is 49.1 Å². The lowest BCUT2D eigenvalue weighted by Gasteiger charge is -2.37. The highest BCUT2D eigenvalue weighted by Gasteiger charge is 2.36. The summed E-state index contributed by atoms with van der Waals surface area (Å²) in [5.41, 5.74) is 1.00. The number of urea groups is 1. The standard InChI is InChI=1S/C21H30N4O3/c1-15(2)18(23-21(28)22-14-16-6-4-3-5-7-16)20(27)25-12-10-24(11-13-25)19(26)17-8-9-17/h3-7,15,17-18H,8-14H2,1-2H3,(H2,22,23,28). The number of hydrogen-bond acceptors (Lipinski definition) is 3. The van der Waals surface area contributed by atoms with E-state index < -0.39 is 6.04 Å². The predicted octanol–water partition coefficient (Wildman–Crippen LogP) is 1.59. The number of hydrogen-bond donors (Lipinski definition) is 2. The summed E-state index contributed by atoms with van der Waals surface area (Å²) in [5, 5.41) is 5.63. The van der Waals surface area contributed by atoms with Gasteiger partial charge in [0.1, 0.15) is 6.04 Å². The average molecular weight is 386 g/mol. The van der Waals surface area contributed by atoms with Gasteiger partial charge in [0.2, 0.25) is 11.8 Å². The van der Waals surface area contributed by atoms with Crippen molar-refractivity contribution in [2.45, 2.75) is 39.3 Å². The number of benzene rings is 1. The quantitative estimate of drug-likeness (QED) is 0.779. The smallest absolute Gasteiger partial charge is 0.315 e. The molecule has 0 bridgehead atoms. The predicted molar refractivity (Wildman–Crippen MR) is 106 cm³/mol. The van der Waals surface area contributed by atoms with Crippen LogP contribution in [0.4, 0.5) is 4.79 Å². The summed E-state index contributed by atoms with van der Waals surface area (Å²) in [4.78, 5) is 41.0. The summed E-state index contributed by atoms with van der Waals surface area (Å²) < 4.78 is 0. The molecule has 1 aromatic rings. The third-order valence-corrected chi connectivity index (χ3v) is 5.34. The van der Waals surface area contributed by atoms with E-state index in [-0.39, 0.29) is 29.7 Å². The van der Waals surface area contributed by atoms with Crippen LogP contribution in [0, 0.1) is 11.8 Å². The number of piperazine rings is 1. The molecule has 0 radical (unpaired) electrons. The Hall–Kier alpha value is -2.57. The number of rotatable bonds is 6. The maximum absolute atomic E-state index is 13.0. The molecule has 0 aromatic heterocycles. The van der Waals surface area contributed by atoms with E-state index in [1.54, 1.807) is 4.90 Å². The largest absolute Gasteiger partial charge is 0.339 e. The van der Waals surface area contributed by atoms with Gasteiger partial charge in [0, 0.05) is 38.6 Å². The van der Waals surface area contributed by atoms with Crippen LogP contribution in [0.1, 0.15) is 32.3 Å². The van der Waals surface area contributed by atoms with Crippen molar-refractivity contribution in [3.8, 4) is 0 Å². The van der Waals surface area contributed by atoms with E-state index in [0.717, 1.165) is 18.4 Å². The van der Waals surface area contributed by atoms with Crippen molar-refractivity contribution in [3.05, 3.63) is 35.9 Å². The number of nitrogens with zero attached hydrogens (tertiary/aromatic N) is 2. The minimum atomic E-state index is -0.582. The molecule has 0 spiro atoms. The second-order valence-electron chi connectivity index (χ2n) is 7.96. The molecule has 1 saturated carbocycles. The van der Waals surface area contributed by atoms with Crippen LogP contribution >= 0.6 is 0 Å². The molecule has 7 heteroatoms. The monoisotopic (exact) mass is 386 g/mol. The zero-order chi connectivity index (χ0) is 20.1. The maximum Gasteiger partial charge on any atom is 0.315 e. The second-order valence-corrected chi connectivity index (χ2v) is 7.96. The summed E-state index contributed by atoms with van der Waals surface area (Å²) >= 11 is 0. The van der Waals surface area contributed by atoms with Gasteiger partial charge in [-0.25, -0.2) is 4.79 Å². The highest BCUT2D eigenvalue weighted by Crippen LogP contribution is 2.31. The molecule has 1 atom stereocenters. The van der Waals surface area contributed by atoms with Gasteiger partial charge >= 0.3 is 6.03 Å². The van der Waals surface area contributed by atoms with Gasteiger partial charge in [-0.05, 0) is 24.3 Å². The molecule has 1 aromatic carbocycles. The molecule has 1 aliphatic carbocycles. The van der Waals surface area contributed by atoms with Crippen molar-refractivity contribution in [1.29, 1.82) is 0 Å². The van der Waals surface area contributed by atoms with E-state index >= 15 is 0 Å². The van der Waals surface area contributed by atoms with Crippen molar-refractivity contribution in [1.82, 2.24) is 20.4 Å². The fraction of sp³-hybridized carbons (Fsp3) is 0.571. The van der Waals surface area contributed by atoms with Crippen LogP contribution in [0.25, 0.3) is 0 Å². The number of amides is 4. The Kier molecular flexibility index (Phi) is 6.54. The van der Waals surface area contributed by atoms with Crippen LogP contribution in [0.5, 0.6) is 0 Å². The molecule has 7 nitrogen and oxygen atoms in total. The third kappa shape index (κ3) is 5.24. The molecule has 152 valence electrons. The fourth-order valence-electron chi connectivity index (χ4n) is 3.42. The molecule has 1 unspecified atom stereocenters. The Morgan fingerprint density at radius 3 is 2.18 bits per heavy atom. The Bertz CT molecular complexity index is 695. The zero-order valence-corrected chi connectivity index (χ0v) is 16.7. The van der Waals surface area contributed by atoms with Gasteiger partial charge in [-0.15, -0.1) is 0 Å². The summed E-state index contributed by atoms with van der Waals surface area (Å²) in [6.45, 7) is 6.45. The molecule has 1 aliphatic heterocycles. The SMILES string of the molecule is CC(C)C(NC(=O)NCc1ccccc1)C(=O)N1CCN(C(=O)C2CC2)CC1. The zero-order valence-electron chi connectivity index (χ0n) is 16.7. The summed E-state index contributed by atoms with van der Waals surface area (Å²) in [6.07, 6.45) is 1.99. The Morgan fingerprint density at radius 2 is 1.61 bits per heavy atom. The van der Waals surface area contributed by atoms with E-state index in [9.17, 15) is 14.4 Å². The Labute approximate surface area is 166 Å². The highest BCUT2D eigenvalue weighted by molar-refractivity contribution is 5.87. The number of carbonyl (C=O) groups is 3. The maximum atomic E-state index is 13.0. The van der Waals surface area contributed by atoms with Gasteiger partial charge in [0.05, 0.1) is 0 Å². The first-order chi connectivity index (χ1) is 13.5. The van der Waals surface area contributed by atoms with Crippen molar-refractivity contribution in [3.63, 3.8) is 0 Å². The Balaban J connectivity index is 1.49. The van der Waals surface area contributed by atoms with Crippen LogP contribution in [0.15, 0.2) is 30.3 Å². The summed E-state index contributed by atoms with van der Waals surface area (Å²) in [5.74, 6) is 0.330. The fourth-order valence-corrected chi connectivity index (χ4v) is 3.42. The van der Waals surface area contributed by atoms with E-state index in [0.29, 0.717) is 32.7 Å². The average Bonchev–Trinajstić information content (AvgIpc) is 3.55. The highest BCUT2D eigenvalue weighted by atomic mass is 16.2. The molecule has 2 N–H and O–H groups in total. The van der Waals surface area contributed by atoms with Gasteiger partial charge in [0.15, 0.2) is 0 Å². The molecule has 1 heterocycles. The van der Waals surface area contributed by atoms with Gasteiger partial charge < -0.3 is 20.4 Å². The molecular formula is C21H30N4O3. The van der Waals surface area contributed by atoms with Crippen molar-refractivity contribution < 1.29 is 14.4 Å². The molecule has 2 fully saturated rings. The topological polar surface area (TPSA) is 81.8 Å².